The normalized spacial score (nSPS) is 13.8. The number of amides is 1. The van der Waals surface area contributed by atoms with Crippen molar-refractivity contribution in [1.82, 2.24) is 18.8 Å². The lowest BCUT2D eigenvalue weighted by Gasteiger charge is -2.36. The summed E-state index contributed by atoms with van der Waals surface area (Å²) in [4.78, 5) is 27.9. The summed E-state index contributed by atoms with van der Waals surface area (Å²) in [5.41, 5.74) is 8.53. The van der Waals surface area contributed by atoms with E-state index in [1.807, 2.05) is 31.7 Å². The molecule has 0 bridgehead atoms. The quantitative estimate of drug-likeness (QED) is 0.215. The number of benzene rings is 2. The van der Waals surface area contributed by atoms with Crippen LogP contribution in [0.3, 0.4) is 0 Å². The second-order valence-corrected chi connectivity index (χ2v) is 15.4. The number of hydrogen-bond acceptors (Lipinski definition) is 11. The van der Waals surface area contributed by atoms with Crippen LogP contribution >= 0.6 is 11.3 Å². The molecule has 49 heavy (non-hydrogen) atoms. The third kappa shape index (κ3) is 6.87. The Morgan fingerprint density at radius 1 is 1.04 bits per heavy atom. The first kappa shape index (κ1) is 33.7. The highest BCUT2D eigenvalue weighted by Crippen LogP contribution is 2.43. The maximum atomic E-state index is 14.0. The lowest BCUT2D eigenvalue weighted by Crippen LogP contribution is -2.50. The number of ether oxygens (including phenoxy) is 1. The molecule has 1 aliphatic heterocycles. The third-order valence-electron chi connectivity index (χ3n) is 7.95. The summed E-state index contributed by atoms with van der Waals surface area (Å²) < 4.78 is 48.3. The van der Waals surface area contributed by atoms with Gasteiger partial charge in [0.25, 0.3) is 0 Å². The van der Waals surface area contributed by atoms with E-state index < -0.39 is 21.4 Å². The van der Waals surface area contributed by atoms with Gasteiger partial charge >= 0.3 is 6.09 Å². The molecule has 0 radical (unpaired) electrons. The molecule has 1 amide bonds. The molecule has 5 aromatic rings. The number of hydrogen-bond donors (Lipinski definition) is 1. The van der Waals surface area contributed by atoms with E-state index in [-0.39, 0.29) is 23.2 Å². The number of halogens is 1. The number of nitrogen functional groups attached to an aromatic ring is 1. The smallest absolute Gasteiger partial charge is 0.410 e. The first-order chi connectivity index (χ1) is 23.3. The lowest BCUT2D eigenvalue weighted by atomic mass is 10.1. The van der Waals surface area contributed by atoms with E-state index in [0.717, 1.165) is 15.3 Å². The molecule has 6 rings (SSSR count). The second-order valence-electron chi connectivity index (χ2n) is 12.6. The largest absolute Gasteiger partial charge is 0.444 e. The molecular formula is C34H35FN8O4S2. The molecule has 0 spiro atoms. The van der Waals surface area contributed by atoms with Gasteiger partial charge < -0.3 is 25.2 Å². The molecule has 2 N–H and O–H groups in total. The number of pyridine rings is 1. The molecule has 1 aliphatic rings. The van der Waals surface area contributed by atoms with Crippen molar-refractivity contribution < 1.29 is 22.3 Å². The average molecular weight is 703 g/mol. The number of piperazine rings is 1. The molecule has 0 unspecified atom stereocenters. The summed E-state index contributed by atoms with van der Waals surface area (Å²) in [5, 5.41) is 10.3. The molecule has 0 aliphatic carbocycles. The monoisotopic (exact) mass is 702 g/mol. The first-order valence-electron chi connectivity index (χ1n) is 15.5. The van der Waals surface area contributed by atoms with Crippen LogP contribution in [0.25, 0.3) is 22.3 Å². The zero-order valence-corrected chi connectivity index (χ0v) is 29.1. The van der Waals surface area contributed by atoms with Crippen LogP contribution in [0.2, 0.25) is 0 Å². The molecule has 254 valence electrons. The SMILES string of the molecule is CN(c1nc(-c2ccc(F)cc2)c(C#N)s1)c1c(N)n(S(=O)(=O)Cc2ccccc2)c2ccc(N3CCN(C(=O)OC(C)(C)C)CC3)nc12. The highest BCUT2D eigenvalue weighted by molar-refractivity contribution is 7.89. The van der Waals surface area contributed by atoms with Crippen LogP contribution in [-0.2, 0) is 20.5 Å². The summed E-state index contributed by atoms with van der Waals surface area (Å²) in [7, 11) is -2.36. The van der Waals surface area contributed by atoms with Crippen molar-refractivity contribution in [2.75, 3.05) is 48.8 Å². The molecule has 15 heteroatoms. The number of carbonyl (C=O) groups is 1. The van der Waals surface area contributed by atoms with Gasteiger partial charge in [-0.1, -0.05) is 41.7 Å². The fraction of sp³-hybridized carbons (Fsp3) is 0.294. The van der Waals surface area contributed by atoms with Crippen molar-refractivity contribution in [2.24, 2.45) is 0 Å². The number of anilines is 4. The number of rotatable bonds is 7. The molecule has 3 aromatic heterocycles. The van der Waals surface area contributed by atoms with Crippen LogP contribution in [0.15, 0.2) is 66.7 Å². The number of carbonyl (C=O) groups excluding carboxylic acids is 1. The summed E-state index contributed by atoms with van der Waals surface area (Å²) >= 11 is 1.10. The summed E-state index contributed by atoms with van der Waals surface area (Å²) in [6, 6.07) is 20.1. The van der Waals surface area contributed by atoms with Gasteiger partial charge in [0.2, 0.25) is 10.0 Å². The van der Waals surface area contributed by atoms with Crippen LogP contribution in [0.5, 0.6) is 0 Å². The minimum Gasteiger partial charge on any atom is -0.444 e. The van der Waals surface area contributed by atoms with Crippen LogP contribution in [0, 0.1) is 17.1 Å². The molecule has 1 saturated heterocycles. The van der Waals surface area contributed by atoms with Gasteiger partial charge in [0.05, 0.1) is 11.3 Å². The zero-order valence-electron chi connectivity index (χ0n) is 27.4. The average Bonchev–Trinajstić information content (AvgIpc) is 3.63. The maximum absolute atomic E-state index is 14.0. The van der Waals surface area contributed by atoms with Gasteiger partial charge in [-0.15, -0.1) is 0 Å². The van der Waals surface area contributed by atoms with Gasteiger partial charge in [-0.25, -0.2) is 31.5 Å². The van der Waals surface area contributed by atoms with Gasteiger partial charge in [0.15, 0.2) is 5.13 Å². The Bertz CT molecular complexity index is 2160. The predicted octanol–water partition coefficient (Wildman–Crippen LogP) is 5.96. The fourth-order valence-corrected chi connectivity index (χ4v) is 8.08. The van der Waals surface area contributed by atoms with Gasteiger partial charge in [-0.05, 0) is 62.7 Å². The van der Waals surface area contributed by atoms with E-state index in [9.17, 15) is 22.9 Å². The van der Waals surface area contributed by atoms with E-state index >= 15 is 0 Å². The zero-order chi connectivity index (χ0) is 35.1. The maximum Gasteiger partial charge on any atom is 0.410 e. The standard InChI is InChI=1S/C34H35FN8O4S2/c1-34(2,3)47-33(44)42-18-16-41(17-19-42)27-15-14-25-29(38-27)30(31(37)43(25)49(45,46)21-22-8-6-5-7-9-22)40(4)32-39-28(26(20-36)48-32)23-10-12-24(35)13-11-23/h5-15H,16-19,21,37H2,1-4H3. The molecule has 2 aromatic carbocycles. The molecule has 4 heterocycles. The van der Waals surface area contributed by atoms with E-state index in [1.54, 1.807) is 65.4 Å². The molecular weight excluding hydrogens is 668 g/mol. The minimum absolute atomic E-state index is 0.0649. The molecule has 12 nitrogen and oxygen atoms in total. The van der Waals surface area contributed by atoms with Crippen molar-refractivity contribution in [1.29, 1.82) is 5.26 Å². The summed E-state index contributed by atoms with van der Waals surface area (Å²) in [6.07, 6.45) is -0.381. The third-order valence-corrected chi connectivity index (χ3v) is 10.6. The Morgan fingerprint density at radius 3 is 2.35 bits per heavy atom. The number of thiazole rings is 1. The predicted molar refractivity (Wildman–Crippen MR) is 189 cm³/mol. The summed E-state index contributed by atoms with van der Waals surface area (Å²) in [6.45, 7) is 7.25. The Kier molecular flexibility index (Phi) is 8.95. The van der Waals surface area contributed by atoms with E-state index in [2.05, 4.69) is 6.07 Å². The number of aromatic nitrogens is 3. The van der Waals surface area contributed by atoms with Crippen LogP contribution < -0.4 is 15.5 Å². The van der Waals surface area contributed by atoms with Gasteiger partial charge in [-0.2, -0.15) is 5.26 Å². The fourth-order valence-electron chi connectivity index (χ4n) is 5.65. The van der Waals surface area contributed by atoms with E-state index in [4.69, 9.17) is 20.4 Å². The Labute approximate surface area is 287 Å². The molecule has 1 fully saturated rings. The topological polar surface area (TPSA) is 151 Å². The number of nitrogens with zero attached hydrogens (tertiary/aromatic N) is 7. The van der Waals surface area contributed by atoms with Crippen molar-refractivity contribution in [3.8, 4) is 17.3 Å². The highest BCUT2D eigenvalue weighted by atomic mass is 32.2. The Balaban J connectivity index is 1.42. The number of nitrogens with two attached hydrogens (primary N) is 1. The second kappa shape index (κ2) is 13.0. The van der Waals surface area contributed by atoms with Crippen LogP contribution in [0.1, 0.15) is 31.2 Å². The molecule has 0 saturated carbocycles. The van der Waals surface area contributed by atoms with E-state index in [0.29, 0.717) is 70.0 Å². The Morgan fingerprint density at radius 2 is 1.71 bits per heavy atom. The molecule has 0 atom stereocenters. The van der Waals surface area contributed by atoms with Gasteiger partial charge in [0.1, 0.15) is 50.9 Å². The van der Waals surface area contributed by atoms with Gasteiger partial charge in [-0.3, -0.25) is 0 Å². The number of fused-ring (bicyclic) bond motifs is 1. The van der Waals surface area contributed by atoms with Crippen LogP contribution in [-0.4, -0.2) is 72.2 Å². The first-order valence-corrected chi connectivity index (χ1v) is 17.9. The van der Waals surface area contributed by atoms with Gasteiger partial charge in [0, 0.05) is 38.8 Å². The summed E-state index contributed by atoms with van der Waals surface area (Å²) in [5.74, 6) is -0.207. The number of nitriles is 1. The van der Waals surface area contributed by atoms with Crippen LogP contribution in [0.4, 0.5) is 31.6 Å². The minimum atomic E-state index is -4.04. The highest BCUT2D eigenvalue weighted by Gasteiger charge is 2.31. The van der Waals surface area contributed by atoms with Crippen molar-refractivity contribution in [2.45, 2.75) is 32.1 Å². The van der Waals surface area contributed by atoms with E-state index in [1.165, 1.54) is 12.1 Å². The Hall–Kier alpha value is -5.20. The van der Waals surface area contributed by atoms with Crippen molar-refractivity contribution in [3.63, 3.8) is 0 Å². The van der Waals surface area contributed by atoms with Crippen molar-refractivity contribution >= 4 is 60.9 Å². The van der Waals surface area contributed by atoms with Crippen molar-refractivity contribution in [3.05, 3.63) is 83.0 Å². The lowest BCUT2D eigenvalue weighted by molar-refractivity contribution is 0.0240.